The second-order valence-corrected chi connectivity index (χ2v) is 6.05. The molecule has 100 valence electrons. The van der Waals surface area contributed by atoms with Gasteiger partial charge in [0.05, 0.1) is 0 Å². The number of hydrogen-bond donors (Lipinski definition) is 1. The van der Waals surface area contributed by atoms with Crippen molar-refractivity contribution in [3.63, 3.8) is 0 Å². The maximum Gasteiger partial charge on any atom is 0.137 e. The van der Waals surface area contributed by atoms with Crippen molar-refractivity contribution in [1.29, 1.82) is 0 Å². The van der Waals surface area contributed by atoms with Crippen molar-refractivity contribution in [2.45, 2.75) is 46.5 Å². The normalized spacial score (nSPS) is 17.0. The zero-order chi connectivity index (χ0) is 13.3. The van der Waals surface area contributed by atoms with Gasteiger partial charge in [0, 0.05) is 18.0 Å². The van der Waals surface area contributed by atoms with Crippen LogP contribution in [-0.4, -0.2) is 16.5 Å². The molecule has 1 N–H and O–H groups in total. The molecule has 3 nitrogen and oxygen atoms in total. The van der Waals surface area contributed by atoms with Crippen LogP contribution >= 0.6 is 11.6 Å². The molecule has 1 fully saturated rings. The minimum atomic E-state index is 0.296. The van der Waals surface area contributed by atoms with Crippen LogP contribution in [-0.2, 0) is 0 Å². The molecular formula is C14H22ClN3. The third-order valence-electron chi connectivity index (χ3n) is 3.64. The van der Waals surface area contributed by atoms with E-state index in [-0.39, 0.29) is 0 Å². The summed E-state index contributed by atoms with van der Waals surface area (Å²) in [7, 11) is 0. The van der Waals surface area contributed by atoms with E-state index in [0.717, 1.165) is 29.7 Å². The van der Waals surface area contributed by atoms with Gasteiger partial charge < -0.3 is 5.32 Å². The fourth-order valence-corrected chi connectivity index (χ4v) is 2.20. The summed E-state index contributed by atoms with van der Waals surface area (Å²) in [6.45, 7) is 9.40. The molecule has 0 aromatic carbocycles. The van der Waals surface area contributed by atoms with Crippen LogP contribution in [0.5, 0.6) is 0 Å². The Morgan fingerprint density at radius 3 is 2.50 bits per heavy atom. The molecule has 1 unspecified atom stereocenters. The van der Waals surface area contributed by atoms with Crippen molar-refractivity contribution in [3.05, 3.63) is 16.5 Å². The SMILES string of the molecule is Cc1c(Cl)nc(C(C)C)nc1NCC(C)C1CC1. The van der Waals surface area contributed by atoms with Gasteiger partial charge >= 0.3 is 0 Å². The number of nitrogens with one attached hydrogen (secondary N) is 1. The summed E-state index contributed by atoms with van der Waals surface area (Å²) in [4.78, 5) is 8.90. The van der Waals surface area contributed by atoms with Crippen molar-refractivity contribution in [2.24, 2.45) is 11.8 Å². The Labute approximate surface area is 114 Å². The van der Waals surface area contributed by atoms with E-state index in [1.165, 1.54) is 12.8 Å². The predicted molar refractivity (Wildman–Crippen MR) is 76.2 cm³/mol. The molecule has 4 heteroatoms. The molecule has 0 spiro atoms. The first kappa shape index (κ1) is 13.6. The number of rotatable bonds is 5. The van der Waals surface area contributed by atoms with Gasteiger partial charge in [0.1, 0.15) is 16.8 Å². The first-order valence-corrected chi connectivity index (χ1v) is 7.14. The quantitative estimate of drug-likeness (QED) is 0.819. The van der Waals surface area contributed by atoms with Gasteiger partial charge in [-0.05, 0) is 31.6 Å². The highest BCUT2D eigenvalue weighted by molar-refractivity contribution is 6.30. The fourth-order valence-electron chi connectivity index (χ4n) is 2.03. The van der Waals surface area contributed by atoms with Crippen molar-refractivity contribution >= 4 is 17.4 Å². The van der Waals surface area contributed by atoms with Crippen LogP contribution in [0.1, 0.15) is 50.9 Å². The van der Waals surface area contributed by atoms with Gasteiger partial charge in [0.25, 0.3) is 0 Å². The molecule has 0 amide bonds. The summed E-state index contributed by atoms with van der Waals surface area (Å²) in [5, 5.41) is 4.00. The van der Waals surface area contributed by atoms with Crippen LogP contribution in [0.15, 0.2) is 0 Å². The van der Waals surface area contributed by atoms with Gasteiger partial charge in [-0.3, -0.25) is 0 Å². The first-order valence-electron chi connectivity index (χ1n) is 6.77. The molecule has 1 aliphatic carbocycles. The average Bonchev–Trinajstić information content (AvgIpc) is 3.14. The lowest BCUT2D eigenvalue weighted by molar-refractivity contribution is 0.535. The molecule has 0 bridgehead atoms. The number of halogens is 1. The Morgan fingerprint density at radius 2 is 1.94 bits per heavy atom. The molecule has 1 heterocycles. The molecule has 1 atom stereocenters. The highest BCUT2D eigenvalue weighted by Gasteiger charge is 2.27. The van der Waals surface area contributed by atoms with Gasteiger partial charge in [-0.1, -0.05) is 32.4 Å². The summed E-state index contributed by atoms with van der Waals surface area (Å²) in [5.41, 5.74) is 0.948. The largest absolute Gasteiger partial charge is 0.369 e. The van der Waals surface area contributed by atoms with Crippen LogP contribution in [0.25, 0.3) is 0 Å². The van der Waals surface area contributed by atoms with E-state index >= 15 is 0 Å². The minimum absolute atomic E-state index is 0.296. The van der Waals surface area contributed by atoms with E-state index in [0.29, 0.717) is 17.0 Å². The van der Waals surface area contributed by atoms with E-state index in [1.807, 2.05) is 6.92 Å². The van der Waals surface area contributed by atoms with E-state index in [4.69, 9.17) is 11.6 Å². The van der Waals surface area contributed by atoms with E-state index in [1.54, 1.807) is 0 Å². The van der Waals surface area contributed by atoms with Gasteiger partial charge in [-0.2, -0.15) is 0 Å². The minimum Gasteiger partial charge on any atom is -0.369 e. The van der Waals surface area contributed by atoms with Crippen molar-refractivity contribution in [1.82, 2.24) is 9.97 Å². The van der Waals surface area contributed by atoms with Crippen LogP contribution < -0.4 is 5.32 Å². The van der Waals surface area contributed by atoms with Gasteiger partial charge in [0.15, 0.2) is 0 Å². The standard InChI is InChI=1S/C14H22ClN3/c1-8(2)13-17-12(15)10(4)14(18-13)16-7-9(3)11-5-6-11/h8-9,11H,5-7H2,1-4H3,(H,16,17,18). The second-order valence-electron chi connectivity index (χ2n) is 5.70. The molecule has 18 heavy (non-hydrogen) atoms. The molecule has 1 saturated carbocycles. The summed E-state index contributed by atoms with van der Waals surface area (Å²) < 4.78 is 0. The Hall–Kier alpha value is -0.830. The molecule has 0 aliphatic heterocycles. The maximum atomic E-state index is 6.16. The second kappa shape index (κ2) is 5.43. The lowest BCUT2D eigenvalue weighted by atomic mass is 10.1. The molecule has 0 radical (unpaired) electrons. The third-order valence-corrected chi connectivity index (χ3v) is 4.01. The fraction of sp³-hybridized carbons (Fsp3) is 0.714. The topological polar surface area (TPSA) is 37.8 Å². The number of anilines is 1. The van der Waals surface area contributed by atoms with Crippen LogP contribution in [0.4, 0.5) is 5.82 Å². The third kappa shape index (κ3) is 3.14. The molecule has 2 rings (SSSR count). The molecule has 1 aromatic rings. The van der Waals surface area contributed by atoms with Crippen molar-refractivity contribution in [3.8, 4) is 0 Å². The number of hydrogen-bond acceptors (Lipinski definition) is 3. The molecule has 1 aliphatic rings. The summed E-state index contributed by atoms with van der Waals surface area (Å²) in [5.74, 6) is 3.61. The van der Waals surface area contributed by atoms with Gasteiger partial charge in [0.2, 0.25) is 0 Å². The summed E-state index contributed by atoms with van der Waals surface area (Å²) in [6, 6.07) is 0. The van der Waals surface area contributed by atoms with Gasteiger partial charge in [-0.15, -0.1) is 0 Å². The van der Waals surface area contributed by atoms with Crippen molar-refractivity contribution < 1.29 is 0 Å². The van der Waals surface area contributed by atoms with Crippen LogP contribution in [0, 0.1) is 18.8 Å². The first-order chi connectivity index (χ1) is 8.49. The summed E-state index contributed by atoms with van der Waals surface area (Å²) in [6.07, 6.45) is 2.76. The van der Waals surface area contributed by atoms with Gasteiger partial charge in [-0.25, -0.2) is 9.97 Å². The molecular weight excluding hydrogens is 246 g/mol. The van der Waals surface area contributed by atoms with E-state index in [2.05, 4.69) is 36.1 Å². The monoisotopic (exact) mass is 267 g/mol. The zero-order valence-corrected chi connectivity index (χ0v) is 12.4. The Balaban J connectivity index is 2.10. The molecule has 1 aromatic heterocycles. The molecule has 0 saturated heterocycles. The van der Waals surface area contributed by atoms with E-state index in [9.17, 15) is 0 Å². The van der Waals surface area contributed by atoms with E-state index < -0.39 is 0 Å². The van der Waals surface area contributed by atoms with Crippen LogP contribution in [0.2, 0.25) is 5.15 Å². The highest BCUT2D eigenvalue weighted by atomic mass is 35.5. The smallest absolute Gasteiger partial charge is 0.137 e. The highest BCUT2D eigenvalue weighted by Crippen LogP contribution is 2.36. The number of aromatic nitrogens is 2. The lowest BCUT2D eigenvalue weighted by Gasteiger charge is -2.15. The lowest BCUT2D eigenvalue weighted by Crippen LogP contribution is -2.16. The predicted octanol–water partition coefficient (Wildman–Crippen LogP) is 4.02. The average molecular weight is 268 g/mol. The maximum absolute atomic E-state index is 6.16. The summed E-state index contributed by atoms with van der Waals surface area (Å²) >= 11 is 6.16. The van der Waals surface area contributed by atoms with Crippen molar-refractivity contribution in [2.75, 3.05) is 11.9 Å². The number of nitrogens with zero attached hydrogens (tertiary/aromatic N) is 2. The Kier molecular flexibility index (Phi) is 4.10. The Bertz CT molecular complexity index is 427. The van der Waals surface area contributed by atoms with Crippen LogP contribution in [0.3, 0.4) is 0 Å². The zero-order valence-electron chi connectivity index (χ0n) is 11.6. The Morgan fingerprint density at radius 1 is 1.28 bits per heavy atom.